The highest BCUT2D eigenvalue weighted by atomic mass is 35.5. The van der Waals surface area contributed by atoms with E-state index < -0.39 is 57.1 Å². The molecular weight excluding hydrogens is 629 g/mol. The number of tetrazole rings is 2. The van der Waals surface area contributed by atoms with Crippen LogP contribution in [0, 0.1) is 0 Å². The van der Waals surface area contributed by atoms with Crippen molar-refractivity contribution in [3.8, 4) is 0 Å². The lowest BCUT2D eigenvalue weighted by Gasteiger charge is -2.34. The molecule has 1 saturated heterocycles. The molecule has 44 heavy (non-hydrogen) atoms. The van der Waals surface area contributed by atoms with E-state index in [1.165, 1.54) is 10.9 Å². The average molecular weight is 658 g/mol. The molecule has 4 aromatic heterocycles. The van der Waals surface area contributed by atoms with Crippen molar-refractivity contribution in [3.05, 3.63) is 23.1 Å². The van der Waals surface area contributed by atoms with E-state index in [4.69, 9.17) is 25.8 Å². The van der Waals surface area contributed by atoms with E-state index in [0.717, 1.165) is 25.7 Å². The van der Waals surface area contributed by atoms with Gasteiger partial charge in [0.2, 0.25) is 5.28 Å². The molecule has 4 aromatic rings. The summed E-state index contributed by atoms with van der Waals surface area (Å²) in [5.41, 5.74) is 0.250. The number of halogens is 1. The Balaban J connectivity index is 1.21. The average Bonchev–Trinajstić information content (AvgIpc) is 3.81. The number of nitrogens with zero attached hydrogens (tertiary/aromatic N) is 10. The van der Waals surface area contributed by atoms with Gasteiger partial charge in [0.25, 0.3) is 0 Å². The van der Waals surface area contributed by atoms with Gasteiger partial charge in [0.1, 0.15) is 30.7 Å². The molecule has 1 aliphatic heterocycles. The molecule has 0 bridgehead atoms. The van der Waals surface area contributed by atoms with E-state index in [-0.39, 0.29) is 35.2 Å². The van der Waals surface area contributed by atoms with Gasteiger partial charge in [-0.2, -0.15) is 25.5 Å². The second kappa shape index (κ2) is 12.6. The maximum absolute atomic E-state index is 12.9. The maximum Gasteiger partial charge on any atom is 0.359 e. The van der Waals surface area contributed by atoms with Crippen molar-refractivity contribution in [2.45, 2.75) is 74.6 Å². The van der Waals surface area contributed by atoms with Crippen molar-refractivity contribution in [2.24, 2.45) is 0 Å². The first-order valence-electron chi connectivity index (χ1n) is 13.5. The molecule has 7 N–H and O–H groups in total. The fourth-order valence-electron chi connectivity index (χ4n) is 5.23. The zero-order valence-electron chi connectivity index (χ0n) is 22.8. The first-order valence-corrected chi connectivity index (χ1v) is 15.5. The number of fused-ring (bicyclic) bond motifs is 1. The van der Waals surface area contributed by atoms with Crippen LogP contribution in [-0.4, -0.2) is 124 Å². The predicted octanol–water partition coefficient (Wildman–Crippen LogP) is -1.17. The van der Waals surface area contributed by atoms with Crippen LogP contribution in [0.4, 0.5) is 5.82 Å². The molecule has 0 amide bonds. The van der Waals surface area contributed by atoms with E-state index in [9.17, 15) is 24.6 Å². The minimum absolute atomic E-state index is 0.0543. The van der Waals surface area contributed by atoms with Gasteiger partial charge < -0.3 is 39.5 Å². The Kier molecular flexibility index (Phi) is 8.81. The van der Waals surface area contributed by atoms with Gasteiger partial charge >= 0.3 is 7.60 Å². The Morgan fingerprint density at radius 3 is 2.52 bits per heavy atom. The SMILES string of the molecule is O=P(O)(O)[C@](COCc1nn[nH]n1)(Cc1nn[nH]n1)OC[C@H]1O[C@@H](n2ncc3c(NC4CCCC4)nc(Cl)nc32)[C@H](O)[C@@H]1O. The summed E-state index contributed by atoms with van der Waals surface area (Å²) in [5, 5.41) is 54.0. The van der Waals surface area contributed by atoms with Gasteiger partial charge in [-0.05, 0) is 24.4 Å². The Morgan fingerprint density at radius 1 is 1.11 bits per heavy atom. The largest absolute Gasteiger partial charge is 0.387 e. The van der Waals surface area contributed by atoms with Gasteiger partial charge in [0, 0.05) is 6.04 Å². The van der Waals surface area contributed by atoms with Crippen molar-refractivity contribution >= 4 is 36.0 Å². The van der Waals surface area contributed by atoms with Crippen molar-refractivity contribution in [1.82, 2.24) is 61.0 Å². The Morgan fingerprint density at radius 2 is 1.84 bits per heavy atom. The third-order valence-corrected chi connectivity index (χ3v) is 9.17. The third-order valence-electron chi connectivity index (χ3n) is 7.52. The zero-order chi connectivity index (χ0) is 30.9. The van der Waals surface area contributed by atoms with Crippen molar-refractivity contribution in [3.63, 3.8) is 0 Å². The lowest BCUT2D eigenvalue weighted by Crippen LogP contribution is -2.44. The topological polar surface area (TPSA) is 290 Å². The summed E-state index contributed by atoms with van der Waals surface area (Å²) in [4.78, 5) is 29.4. The molecule has 1 saturated carbocycles. The Labute approximate surface area is 252 Å². The van der Waals surface area contributed by atoms with Gasteiger partial charge in [-0.15, -0.1) is 20.4 Å². The highest BCUT2D eigenvalue weighted by Gasteiger charge is 2.52. The number of rotatable bonds is 13. The molecule has 1 aliphatic carbocycles. The summed E-state index contributed by atoms with van der Waals surface area (Å²) in [6, 6.07) is 0.224. The first-order chi connectivity index (χ1) is 21.1. The lowest BCUT2D eigenvalue weighted by atomic mass is 10.1. The Hall–Kier alpha value is -3.27. The van der Waals surface area contributed by atoms with Crippen molar-refractivity contribution < 1.29 is 38.8 Å². The number of aliphatic hydroxyl groups is 2. The van der Waals surface area contributed by atoms with E-state index in [0.29, 0.717) is 11.2 Å². The van der Waals surface area contributed by atoms with Crippen LogP contribution in [0.25, 0.3) is 11.0 Å². The normalized spacial score (nSPS) is 24.3. The second-order valence-electron chi connectivity index (χ2n) is 10.5. The van der Waals surface area contributed by atoms with Gasteiger partial charge in [0.15, 0.2) is 28.9 Å². The number of H-pyrrole nitrogens is 2. The summed E-state index contributed by atoms with van der Waals surface area (Å²) in [6.07, 6.45) is -0.451. The van der Waals surface area contributed by atoms with Crippen LogP contribution in [0.1, 0.15) is 43.6 Å². The zero-order valence-corrected chi connectivity index (χ0v) is 24.5. The van der Waals surface area contributed by atoms with Gasteiger partial charge in [-0.1, -0.05) is 23.3 Å². The summed E-state index contributed by atoms with van der Waals surface area (Å²) < 4.78 is 31.4. The summed E-state index contributed by atoms with van der Waals surface area (Å²) in [5.74, 6) is 0.533. The molecule has 5 atom stereocenters. The van der Waals surface area contributed by atoms with E-state index in [1.54, 1.807) is 0 Å². The van der Waals surface area contributed by atoms with Gasteiger partial charge in [-0.25, -0.2) is 4.68 Å². The number of hydrogen-bond donors (Lipinski definition) is 7. The first kappa shape index (κ1) is 30.7. The number of anilines is 1. The number of hydrogen-bond acceptors (Lipinski definition) is 16. The molecule has 0 aromatic carbocycles. The molecular formula is C21H29ClN13O8P. The quantitative estimate of drug-likeness (QED) is 0.0658. The lowest BCUT2D eigenvalue weighted by molar-refractivity contribution is -0.119. The molecule has 0 unspecified atom stereocenters. The monoisotopic (exact) mass is 657 g/mol. The number of nitrogens with one attached hydrogen (secondary N) is 3. The van der Waals surface area contributed by atoms with E-state index in [1.807, 2.05) is 0 Å². The fraction of sp³-hybridized carbons (Fsp3) is 0.667. The highest BCUT2D eigenvalue weighted by molar-refractivity contribution is 7.53. The Bertz CT molecular complexity index is 1580. The summed E-state index contributed by atoms with van der Waals surface area (Å²) in [6.45, 7) is -1.52. The fourth-order valence-corrected chi connectivity index (χ4v) is 6.24. The van der Waals surface area contributed by atoms with Crippen LogP contribution in [0.5, 0.6) is 0 Å². The molecule has 6 rings (SSSR count). The number of aliphatic hydroxyl groups excluding tert-OH is 2. The van der Waals surface area contributed by atoms with Crippen LogP contribution in [0.3, 0.4) is 0 Å². The molecule has 2 aliphatic rings. The van der Waals surface area contributed by atoms with Crippen LogP contribution in [0.2, 0.25) is 5.28 Å². The van der Waals surface area contributed by atoms with Crippen molar-refractivity contribution in [1.29, 1.82) is 0 Å². The molecule has 21 nitrogen and oxygen atoms in total. The summed E-state index contributed by atoms with van der Waals surface area (Å²) >= 11 is 6.22. The van der Waals surface area contributed by atoms with Gasteiger partial charge in [0.05, 0.1) is 31.2 Å². The number of ether oxygens (including phenoxy) is 3. The second-order valence-corrected chi connectivity index (χ2v) is 12.7. The highest BCUT2D eigenvalue weighted by Crippen LogP contribution is 2.53. The molecule has 5 heterocycles. The molecule has 23 heteroatoms. The van der Waals surface area contributed by atoms with Crippen LogP contribution in [-0.2, 0) is 31.8 Å². The maximum atomic E-state index is 12.9. The van der Waals surface area contributed by atoms with Crippen LogP contribution < -0.4 is 5.32 Å². The van der Waals surface area contributed by atoms with Crippen LogP contribution >= 0.6 is 19.2 Å². The third kappa shape index (κ3) is 6.28. The minimum Gasteiger partial charge on any atom is -0.387 e. The smallest absolute Gasteiger partial charge is 0.359 e. The molecule has 238 valence electrons. The van der Waals surface area contributed by atoms with Gasteiger partial charge in [-0.3, -0.25) is 4.57 Å². The molecule has 0 spiro atoms. The van der Waals surface area contributed by atoms with Crippen LogP contribution in [0.15, 0.2) is 6.20 Å². The van der Waals surface area contributed by atoms with E-state index >= 15 is 0 Å². The number of aromatic amines is 2. The van der Waals surface area contributed by atoms with Crippen molar-refractivity contribution in [2.75, 3.05) is 18.5 Å². The standard InChI is InChI=1S/C21H29ClN13O8P/c22-20-25-17(24-10-3-1-2-4-10)11-6-23-35(18(11)26-20)19-16(37)15(36)12(43-19)7-42-21(44(38,39)40,5-13-27-31-32-28-13)9-41-8-14-29-33-34-30-14/h6,10,12,15-16,19,36-37H,1-5,7-9H2,(H,24,25,26)(H2,38,39,40)(H,27,28,31,32)(H,29,30,33,34)/t12-,15-,16-,19-,21+/m1/s1. The predicted molar refractivity (Wildman–Crippen MR) is 145 cm³/mol. The summed E-state index contributed by atoms with van der Waals surface area (Å²) in [7, 11) is -5.16. The van der Waals surface area contributed by atoms with E-state index in [2.05, 4.69) is 61.6 Å². The molecule has 0 radical (unpaired) electrons. The number of aromatic nitrogens is 12. The minimum atomic E-state index is -5.16. The molecule has 2 fully saturated rings.